The SMILES string of the molecule is CC(C)Nc1cncc(-c2cnc3[nH]nc(-c4cc5ccncc5[nH]4)c3c2)c1. The van der Waals surface area contributed by atoms with Gasteiger partial charge in [-0.15, -0.1) is 0 Å². The molecule has 0 fully saturated rings. The van der Waals surface area contributed by atoms with E-state index < -0.39 is 0 Å². The number of nitrogens with one attached hydrogen (secondary N) is 3. The smallest absolute Gasteiger partial charge is 0.155 e. The number of pyridine rings is 3. The molecule has 5 aromatic heterocycles. The van der Waals surface area contributed by atoms with Crippen LogP contribution in [-0.2, 0) is 0 Å². The molecule has 7 heteroatoms. The van der Waals surface area contributed by atoms with E-state index in [9.17, 15) is 0 Å². The van der Waals surface area contributed by atoms with Crippen molar-refractivity contribution in [3.8, 4) is 22.5 Å². The second-order valence-electron chi connectivity index (χ2n) is 7.10. The summed E-state index contributed by atoms with van der Waals surface area (Å²) in [6.07, 6.45) is 9.12. The zero-order chi connectivity index (χ0) is 19.1. The number of aromatic nitrogens is 6. The van der Waals surface area contributed by atoms with E-state index in [-0.39, 0.29) is 0 Å². The topological polar surface area (TPSA) is 95.2 Å². The van der Waals surface area contributed by atoms with Gasteiger partial charge in [0, 0.05) is 52.7 Å². The van der Waals surface area contributed by atoms with Crippen molar-refractivity contribution >= 4 is 27.6 Å². The number of fused-ring (bicyclic) bond motifs is 2. The van der Waals surface area contributed by atoms with Crippen LogP contribution in [0.15, 0.2) is 55.2 Å². The fourth-order valence-electron chi connectivity index (χ4n) is 3.38. The molecule has 0 aliphatic heterocycles. The summed E-state index contributed by atoms with van der Waals surface area (Å²) < 4.78 is 0. The zero-order valence-electron chi connectivity index (χ0n) is 15.6. The Kier molecular flexibility index (Phi) is 3.79. The van der Waals surface area contributed by atoms with Crippen molar-refractivity contribution in [2.24, 2.45) is 0 Å². The summed E-state index contributed by atoms with van der Waals surface area (Å²) in [7, 11) is 0. The largest absolute Gasteiger partial charge is 0.382 e. The van der Waals surface area contributed by atoms with Crippen molar-refractivity contribution in [2.45, 2.75) is 19.9 Å². The number of anilines is 1. The highest BCUT2D eigenvalue weighted by Gasteiger charge is 2.13. The molecule has 0 aromatic carbocycles. The average molecular weight is 369 g/mol. The first-order valence-corrected chi connectivity index (χ1v) is 9.16. The molecule has 0 atom stereocenters. The van der Waals surface area contributed by atoms with Crippen LogP contribution in [0.2, 0.25) is 0 Å². The molecule has 5 rings (SSSR count). The highest BCUT2D eigenvalue weighted by molar-refractivity contribution is 5.95. The van der Waals surface area contributed by atoms with E-state index in [1.165, 1.54) is 0 Å². The van der Waals surface area contributed by atoms with Crippen LogP contribution in [0.4, 0.5) is 5.69 Å². The number of hydrogen-bond donors (Lipinski definition) is 3. The minimum Gasteiger partial charge on any atom is -0.382 e. The monoisotopic (exact) mass is 369 g/mol. The van der Waals surface area contributed by atoms with Crippen LogP contribution in [0.3, 0.4) is 0 Å². The maximum Gasteiger partial charge on any atom is 0.155 e. The van der Waals surface area contributed by atoms with Crippen LogP contribution in [0, 0.1) is 0 Å². The molecule has 0 aliphatic rings. The molecule has 7 nitrogen and oxygen atoms in total. The number of hydrogen-bond acceptors (Lipinski definition) is 5. The zero-order valence-corrected chi connectivity index (χ0v) is 15.6. The Balaban J connectivity index is 1.60. The predicted molar refractivity (Wildman–Crippen MR) is 111 cm³/mol. The van der Waals surface area contributed by atoms with Crippen molar-refractivity contribution < 1.29 is 0 Å². The number of nitrogens with zero attached hydrogens (tertiary/aromatic N) is 4. The molecule has 3 N–H and O–H groups in total. The highest BCUT2D eigenvalue weighted by Crippen LogP contribution is 2.31. The van der Waals surface area contributed by atoms with Gasteiger partial charge in [-0.3, -0.25) is 15.1 Å². The Morgan fingerprint density at radius 2 is 1.86 bits per heavy atom. The first kappa shape index (κ1) is 16.4. The van der Waals surface area contributed by atoms with Crippen LogP contribution in [0.5, 0.6) is 0 Å². The van der Waals surface area contributed by atoms with Crippen LogP contribution in [0.1, 0.15) is 13.8 Å². The van der Waals surface area contributed by atoms with Crippen LogP contribution in [-0.4, -0.2) is 36.2 Å². The van der Waals surface area contributed by atoms with Gasteiger partial charge in [0.05, 0.1) is 23.1 Å². The first-order chi connectivity index (χ1) is 13.7. The molecule has 0 spiro atoms. The predicted octanol–water partition coefficient (Wildman–Crippen LogP) is 4.38. The third-order valence-corrected chi connectivity index (χ3v) is 4.62. The first-order valence-electron chi connectivity index (χ1n) is 9.16. The standard InChI is InChI=1S/C21H19N7/c1-12(2)25-16-5-14(8-23-10-16)15-6-17-20(27-28-21(17)24-9-15)18-7-13-3-4-22-11-19(13)26-18/h3-12,25-26H,1-2H3,(H,24,27,28). The molecule has 0 aliphatic carbocycles. The summed E-state index contributed by atoms with van der Waals surface area (Å²) in [5.41, 5.74) is 6.49. The quantitative estimate of drug-likeness (QED) is 0.437. The summed E-state index contributed by atoms with van der Waals surface area (Å²) >= 11 is 0. The van der Waals surface area contributed by atoms with Crippen molar-refractivity contribution in [1.82, 2.24) is 30.1 Å². The number of aromatic amines is 2. The summed E-state index contributed by atoms with van der Waals surface area (Å²) in [5.74, 6) is 0. The van der Waals surface area contributed by atoms with Gasteiger partial charge in [0.15, 0.2) is 5.65 Å². The van der Waals surface area contributed by atoms with Gasteiger partial charge >= 0.3 is 0 Å². The minimum absolute atomic E-state index is 0.342. The van der Waals surface area contributed by atoms with Gasteiger partial charge in [-0.25, -0.2) is 4.98 Å². The van der Waals surface area contributed by atoms with E-state index in [1.54, 1.807) is 6.20 Å². The second-order valence-corrected chi connectivity index (χ2v) is 7.10. The van der Waals surface area contributed by atoms with Crippen molar-refractivity contribution in [3.05, 3.63) is 55.2 Å². The minimum atomic E-state index is 0.342. The lowest BCUT2D eigenvalue weighted by molar-refractivity contribution is 0.898. The van der Waals surface area contributed by atoms with Gasteiger partial charge in [0.1, 0.15) is 5.69 Å². The third-order valence-electron chi connectivity index (χ3n) is 4.62. The Labute approximate surface area is 161 Å². The Bertz CT molecular complexity index is 1250. The molecule has 0 radical (unpaired) electrons. The van der Waals surface area contributed by atoms with Crippen molar-refractivity contribution in [1.29, 1.82) is 0 Å². The van der Waals surface area contributed by atoms with E-state index >= 15 is 0 Å². The number of H-pyrrole nitrogens is 2. The fraction of sp³-hybridized carbons (Fsp3) is 0.143. The molecule has 0 saturated carbocycles. The number of rotatable bonds is 4. The lowest BCUT2D eigenvalue weighted by atomic mass is 10.1. The van der Waals surface area contributed by atoms with Crippen LogP contribution < -0.4 is 5.32 Å². The van der Waals surface area contributed by atoms with Gasteiger partial charge in [-0.1, -0.05) is 0 Å². The van der Waals surface area contributed by atoms with E-state index in [4.69, 9.17) is 0 Å². The lowest BCUT2D eigenvalue weighted by Crippen LogP contribution is -2.09. The molecule has 0 bridgehead atoms. The molecule has 5 heterocycles. The third kappa shape index (κ3) is 2.87. The fourth-order valence-corrected chi connectivity index (χ4v) is 3.38. The van der Waals surface area contributed by atoms with Gasteiger partial charge in [0.25, 0.3) is 0 Å². The highest BCUT2D eigenvalue weighted by atomic mass is 15.2. The Morgan fingerprint density at radius 1 is 0.964 bits per heavy atom. The summed E-state index contributed by atoms with van der Waals surface area (Å²) in [4.78, 5) is 16.5. The van der Waals surface area contributed by atoms with Gasteiger partial charge in [-0.2, -0.15) is 5.10 Å². The van der Waals surface area contributed by atoms with Crippen LogP contribution >= 0.6 is 0 Å². The molecule has 5 aromatic rings. The molecule has 138 valence electrons. The van der Waals surface area contributed by atoms with Gasteiger partial charge < -0.3 is 10.3 Å². The van der Waals surface area contributed by atoms with E-state index in [0.717, 1.165) is 50.1 Å². The molecule has 0 amide bonds. The summed E-state index contributed by atoms with van der Waals surface area (Å²) in [6.45, 7) is 4.21. The summed E-state index contributed by atoms with van der Waals surface area (Å²) in [6, 6.07) is 8.58. The molecular weight excluding hydrogens is 350 g/mol. The normalized spacial score (nSPS) is 11.5. The molecule has 0 unspecified atom stereocenters. The Morgan fingerprint density at radius 3 is 2.71 bits per heavy atom. The summed E-state index contributed by atoms with van der Waals surface area (Å²) in [5, 5.41) is 13.0. The lowest BCUT2D eigenvalue weighted by Gasteiger charge is -2.10. The van der Waals surface area contributed by atoms with Crippen molar-refractivity contribution in [2.75, 3.05) is 5.32 Å². The van der Waals surface area contributed by atoms with Gasteiger partial charge in [0.2, 0.25) is 0 Å². The van der Waals surface area contributed by atoms with E-state index in [0.29, 0.717) is 6.04 Å². The molecular formula is C21H19N7. The maximum atomic E-state index is 4.56. The Hall–Kier alpha value is -3.74. The molecule has 28 heavy (non-hydrogen) atoms. The van der Waals surface area contributed by atoms with Gasteiger partial charge in [-0.05, 0) is 38.1 Å². The molecule has 0 saturated heterocycles. The average Bonchev–Trinajstić information content (AvgIpc) is 3.30. The van der Waals surface area contributed by atoms with Crippen LogP contribution in [0.25, 0.3) is 44.5 Å². The second kappa shape index (κ2) is 6.45. The van der Waals surface area contributed by atoms with Crippen molar-refractivity contribution in [3.63, 3.8) is 0 Å². The maximum absolute atomic E-state index is 4.56. The van der Waals surface area contributed by atoms with E-state index in [1.807, 2.05) is 30.9 Å². The van der Waals surface area contributed by atoms with E-state index in [2.05, 4.69) is 67.5 Å².